The molecule has 1 fully saturated rings. The van der Waals surface area contributed by atoms with E-state index in [2.05, 4.69) is 25.9 Å². The van der Waals surface area contributed by atoms with Gasteiger partial charge in [-0.2, -0.15) is 5.21 Å². The SMILES string of the molecule is CC1(C(=O)Nc2nn[nH]n2)CC1. The lowest BCUT2D eigenvalue weighted by Crippen LogP contribution is -2.22. The van der Waals surface area contributed by atoms with E-state index in [1.54, 1.807) is 0 Å². The Kier molecular flexibility index (Phi) is 1.36. The summed E-state index contributed by atoms with van der Waals surface area (Å²) in [6.07, 6.45) is 1.88. The molecule has 0 atom stereocenters. The second-order valence-electron chi connectivity index (χ2n) is 3.25. The van der Waals surface area contributed by atoms with Crippen molar-refractivity contribution in [3.8, 4) is 0 Å². The Morgan fingerprint density at radius 1 is 1.67 bits per heavy atom. The van der Waals surface area contributed by atoms with E-state index in [-0.39, 0.29) is 17.3 Å². The topological polar surface area (TPSA) is 83.6 Å². The second-order valence-corrected chi connectivity index (χ2v) is 3.25. The lowest BCUT2D eigenvalue weighted by Gasteiger charge is -2.04. The number of aromatic nitrogens is 4. The number of nitrogens with one attached hydrogen (secondary N) is 2. The zero-order valence-corrected chi connectivity index (χ0v) is 6.66. The predicted molar refractivity (Wildman–Crippen MR) is 40.1 cm³/mol. The van der Waals surface area contributed by atoms with E-state index in [1.165, 1.54) is 0 Å². The van der Waals surface area contributed by atoms with Crippen molar-refractivity contribution in [3.63, 3.8) is 0 Å². The molecular weight excluding hydrogens is 158 g/mol. The van der Waals surface area contributed by atoms with E-state index in [0.29, 0.717) is 0 Å². The van der Waals surface area contributed by atoms with Crippen LogP contribution in [0.3, 0.4) is 0 Å². The first-order valence-electron chi connectivity index (χ1n) is 3.76. The van der Waals surface area contributed by atoms with Gasteiger partial charge in [-0.15, -0.1) is 5.10 Å². The summed E-state index contributed by atoms with van der Waals surface area (Å²) in [5.41, 5.74) is -0.194. The van der Waals surface area contributed by atoms with E-state index >= 15 is 0 Å². The summed E-state index contributed by atoms with van der Waals surface area (Å²) >= 11 is 0. The van der Waals surface area contributed by atoms with Gasteiger partial charge in [-0.3, -0.25) is 10.1 Å². The minimum Gasteiger partial charge on any atom is -0.291 e. The molecule has 0 bridgehead atoms. The van der Waals surface area contributed by atoms with Crippen molar-refractivity contribution < 1.29 is 4.79 Å². The lowest BCUT2D eigenvalue weighted by atomic mass is 10.1. The first-order valence-corrected chi connectivity index (χ1v) is 3.76. The van der Waals surface area contributed by atoms with Crippen molar-refractivity contribution in [2.24, 2.45) is 5.41 Å². The summed E-state index contributed by atoms with van der Waals surface area (Å²) in [5.74, 6) is 0.219. The van der Waals surface area contributed by atoms with Gasteiger partial charge in [0.1, 0.15) is 0 Å². The number of aromatic amines is 1. The van der Waals surface area contributed by atoms with Gasteiger partial charge in [0.2, 0.25) is 5.91 Å². The molecule has 1 aliphatic carbocycles. The molecule has 1 aromatic rings. The Morgan fingerprint density at radius 2 is 2.42 bits per heavy atom. The normalized spacial score (nSPS) is 18.8. The van der Waals surface area contributed by atoms with Gasteiger partial charge in [0.15, 0.2) is 0 Å². The van der Waals surface area contributed by atoms with Crippen LogP contribution in [0.4, 0.5) is 5.95 Å². The maximum absolute atomic E-state index is 11.4. The number of nitrogens with zero attached hydrogens (tertiary/aromatic N) is 3. The van der Waals surface area contributed by atoms with Gasteiger partial charge in [-0.1, -0.05) is 12.0 Å². The molecule has 64 valence electrons. The summed E-state index contributed by atoms with van der Waals surface area (Å²) < 4.78 is 0. The number of carbonyl (C=O) groups is 1. The fraction of sp³-hybridized carbons (Fsp3) is 0.667. The molecule has 2 N–H and O–H groups in total. The molecule has 6 heteroatoms. The fourth-order valence-electron chi connectivity index (χ4n) is 0.882. The Bertz CT molecular complexity index is 289. The summed E-state index contributed by atoms with van der Waals surface area (Å²) in [6, 6.07) is 0. The van der Waals surface area contributed by atoms with Gasteiger partial charge in [0.25, 0.3) is 5.95 Å². The summed E-state index contributed by atoms with van der Waals surface area (Å²) in [7, 11) is 0. The van der Waals surface area contributed by atoms with E-state index in [0.717, 1.165) is 12.8 Å². The Labute approximate surface area is 68.7 Å². The van der Waals surface area contributed by atoms with E-state index in [9.17, 15) is 4.79 Å². The third-order valence-electron chi connectivity index (χ3n) is 2.12. The number of carbonyl (C=O) groups excluding carboxylic acids is 1. The third kappa shape index (κ3) is 1.15. The molecule has 0 radical (unpaired) electrons. The maximum atomic E-state index is 11.4. The molecular formula is C6H9N5O. The molecule has 1 amide bonds. The number of hydrogen-bond donors (Lipinski definition) is 2. The van der Waals surface area contributed by atoms with Crippen molar-refractivity contribution in [2.75, 3.05) is 5.32 Å². The smallest absolute Gasteiger partial charge is 0.269 e. The molecule has 12 heavy (non-hydrogen) atoms. The second kappa shape index (κ2) is 2.26. The predicted octanol–water partition coefficient (Wildman–Crippen LogP) is -0.0617. The summed E-state index contributed by atoms with van der Waals surface area (Å²) in [4.78, 5) is 11.4. The van der Waals surface area contributed by atoms with Gasteiger partial charge < -0.3 is 0 Å². The van der Waals surface area contributed by atoms with Crippen LogP contribution in [0.25, 0.3) is 0 Å². The van der Waals surface area contributed by atoms with Crippen molar-refractivity contribution >= 4 is 11.9 Å². The Hall–Kier alpha value is -1.46. The molecule has 1 saturated carbocycles. The monoisotopic (exact) mass is 167 g/mol. The van der Waals surface area contributed by atoms with E-state index in [4.69, 9.17) is 0 Å². The fourth-order valence-corrected chi connectivity index (χ4v) is 0.882. The van der Waals surface area contributed by atoms with E-state index in [1.807, 2.05) is 6.92 Å². The first kappa shape index (κ1) is 7.20. The van der Waals surface area contributed by atoms with Crippen LogP contribution in [0.5, 0.6) is 0 Å². The van der Waals surface area contributed by atoms with Gasteiger partial charge in [0.05, 0.1) is 0 Å². The Morgan fingerprint density at radius 3 is 2.92 bits per heavy atom. The van der Waals surface area contributed by atoms with Crippen LogP contribution >= 0.6 is 0 Å². The van der Waals surface area contributed by atoms with Crippen molar-refractivity contribution in [1.29, 1.82) is 0 Å². The summed E-state index contributed by atoms with van der Waals surface area (Å²) in [6.45, 7) is 1.92. The van der Waals surface area contributed by atoms with Gasteiger partial charge in [-0.05, 0) is 18.1 Å². The van der Waals surface area contributed by atoms with Gasteiger partial charge in [-0.25, -0.2) is 0 Å². The van der Waals surface area contributed by atoms with E-state index < -0.39 is 0 Å². The van der Waals surface area contributed by atoms with Crippen molar-refractivity contribution in [3.05, 3.63) is 0 Å². The Balaban J connectivity index is 2.00. The molecule has 0 unspecified atom stereocenters. The number of rotatable bonds is 2. The highest BCUT2D eigenvalue weighted by Crippen LogP contribution is 2.45. The van der Waals surface area contributed by atoms with Crippen LogP contribution in [0.2, 0.25) is 0 Å². The minimum absolute atomic E-state index is 0.0242. The first-order chi connectivity index (χ1) is 5.71. The lowest BCUT2D eigenvalue weighted by molar-refractivity contribution is -0.120. The standard InChI is InChI=1S/C6H9N5O/c1-6(2-3-6)4(12)7-5-8-10-11-9-5/h2-3H2,1H3,(H2,7,8,9,10,11,12). The highest BCUT2D eigenvalue weighted by atomic mass is 16.2. The molecule has 1 heterocycles. The highest BCUT2D eigenvalue weighted by Gasteiger charge is 2.45. The molecule has 0 saturated heterocycles. The molecule has 6 nitrogen and oxygen atoms in total. The highest BCUT2D eigenvalue weighted by molar-refractivity contribution is 5.95. The number of amides is 1. The molecule has 0 aliphatic heterocycles. The quantitative estimate of drug-likeness (QED) is 0.646. The third-order valence-corrected chi connectivity index (χ3v) is 2.12. The minimum atomic E-state index is -0.194. The van der Waals surface area contributed by atoms with Crippen molar-refractivity contribution in [1.82, 2.24) is 20.6 Å². The average molecular weight is 167 g/mol. The van der Waals surface area contributed by atoms with Crippen LogP contribution in [0, 0.1) is 5.41 Å². The largest absolute Gasteiger partial charge is 0.291 e. The van der Waals surface area contributed by atoms with Gasteiger partial charge in [0, 0.05) is 5.41 Å². The number of anilines is 1. The number of tetrazole rings is 1. The average Bonchev–Trinajstić information content (AvgIpc) is 2.63. The van der Waals surface area contributed by atoms with Gasteiger partial charge >= 0.3 is 0 Å². The molecule has 2 rings (SSSR count). The molecule has 0 spiro atoms. The number of hydrogen-bond acceptors (Lipinski definition) is 4. The summed E-state index contributed by atoms with van der Waals surface area (Å²) in [5, 5.41) is 15.4. The molecule has 0 aromatic carbocycles. The van der Waals surface area contributed by atoms with Crippen LogP contribution < -0.4 is 5.32 Å². The van der Waals surface area contributed by atoms with Crippen LogP contribution in [-0.4, -0.2) is 26.5 Å². The number of H-pyrrole nitrogens is 1. The van der Waals surface area contributed by atoms with Crippen LogP contribution in [0.15, 0.2) is 0 Å². The van der Waals surface area contributed by atoms with Crippen molar-refractivity contribution in [2.45, 2.75) is 19.8 Å². The maximum Gasteiger partial charge on any atom is 0.269 e. The molecule has 1 aromatic heterocycles. The molecule has 1 aliphatic rings. The van der Waals surface area contributed by atoms with Crippen LogP contribution in [-0.2, 0) is 4.79 Å². The zero-order valence-electron chi connectivity index (χ0n) is 6.66. The van der Waals surface area contributed by atoms with Crippen LogP contribution in [0.1, 0.15) is 19.8 Å². The zero-order chi connectivity index (χ0) is 8.60.